The lowest BCUT2D eigenvalue weighted by molar-refractivity contribution is 0.576. The fraction of sp³-hybridized carbons (Fsp3) is 0.280. The number of hydrogen-bond donors (Lipinski definition) is 2. The van der Waals surface area contributed by atoms with Gasteiger partial charge in [-0.15, -0.1) is 0 Å². The Kier molecular flexibility index (Phi) is 9.98. The minimum atomic E-state index is -0.177. The third kappa shape index (κ3) is 8.47. The number of benzene rings is 3. The first kappa shape index (κ1) is 21.8. The average Bonchev–Trinajstić information content (AvgIpc) is 2.75. The van der Waals surface area contributed by atoms with Crippen LogP contribution in [-0.4, -0.2) is 13.1 Å². The summed E-state index contributed by atoms with van der Waals surface area (Å²) in [6.07, 6.45) is 3.11. The normalized spacial score (nSPS) is 11.4. The van der Waals surface area contributed by atoms with Crippen LogP contribution in [0.15, 0.2) is 84.9 Å². The highest BCUT2D eigenvalue weighted by molar-refractivity contribution is 5.19. The van der Waals surface area contributed by atoms with Crippen molar-refractivity contribution in [2.75, 3.05) is 13.1 Å². The molecule has 28 heavy (non-hydrogen) atoms. The van der Waals surface area contributed by atoms with Gasteiger partial charge in [0.1, 0.15) is 5.82 Å². The highest BCUT2D eigenvalue weighted by Gasteiger charge is 2.03. The Morgan fingerprint density at radius 3 is 1.96 bits per heavy atom. The number of hydrogen-bond acceptors (Lipinski definition) is 2. The largest absolute Gasteiger partial charge is 0.330 e. The standard InChI is InChI=1S/C16H18FN.C9H13N/c1-13(15-5-3-2-4-6-15)18-12-11-14-7-9-16(17)10-8-14;10-8-4-7-9-5-2-1-3-6-9/h2-10,13,18H,11-12H2,1H3;1-3,5-6H,4,7-8,10H2. The summed E-state index contributed by atoms with van der Waals surface area (Å²) in [6.45, 7) is 3.83. The minimum absolute atomic E-state index is 0.177. The lowest BCUT2D eigenvalue weighted by atomic mass is 10.1. The molecule has 0 fully saturated rings. The summed E-state index contributed by atoms with van der Waals surface area (Å²) in [5, 5.41) is 3.47. The van der Waals surface area contributed by atoms with E-state index in [9.17, 15) is 4.39 Å². The monoisotopic (exact) mass is 378 g/mol. The van der Waals surface area contributed by atoms with Crippen molar-refractivity contribution in [3.63, 3.8) is 0 Å². The predicted octanol–water partition coefficient (Wildman–Crippen LogP) is 5.30. The summed E-state index contributed by atoms with van der Waals surface area (Å²) in [4.78, 5) is 0. The minimum Gasteiger partial charge on any atom is -0.330 e. The van der Waals surface area contributed by atoms with Gasteiger partial charge in [0.25, 0.3) is 0 Å². The van der Waals surface area contributed by atoms with E-state index in [1.54, 1.807) is 0 Å². The molecule has 0 aliphatic carbocycles. The Hall–Kier alpha value is -2.49. The quantitative estimate of drug-likeness (QED) is 0.558. The number of nitrogens with one attached hydrogen (secondary N) is 1. The summed E-state index contributed by atoms with van der Waals surface area (Å²) >= 11 is 0. The van der Waals surface area contributed by atoms with Crippen molar-refractivity contribution >= 4 is 0 Å². The van der Waals surface area contributed by atoms with Crippen LogP contribution >= 0.6 is 0 Å². The van der Waals surface area contributed by atoms with Gasteiger partial charge in [0.2, 0.25) is 0 Å². The summed E-state index contributed by atoms with van der Waals surface area (Å²) < 4.78 is 12.7. The molecule has 0 radical (unpaired) electrons. The Morgan fingerprint density at radius 2 is 1.36 bits per heavy atom. The van der Waals surface area contributed by atoms with Gasteiger partial charge in [0, 0.05) is 6.04 Å². The first-order valence-corrected chi connectivity index (χ1v) is 9.96. The van der Waals surface area contributed by atoms with Crippen LogP contribution in [0.5, 0.6) is 0 Å². The molecule has 1 unspecified atom stereocenters. The van der Waals surface area contributed by atoms with Crippen LogP contribution in [0.25, 0.3) is 0 Å². The van der Waals surface area contributed by atoms with Gasteiger partial charge in [-0.2, -0.15) is 0 Å². The fourth-order valence-electron chi connectivity index (χ4n) is 2.89. The Labute approximate surface area is 168 Å². The van der Waals surface area contributed by atoms with Crippen molar-refractivity contribution in [2.24, 2.45) is 5.73 Å². The second kappa shape index (κ2) is 12.8. The van der Waals surface area contributed by atoms with E-state index in [0.717, 1.165) is 37.9 Å². The molecule has 0 aliphatic rings. The molecule has 0 spiro atoms. The molecule has 2 nitrogen and oxygen atoms in total. The SMILES string of the molecule is CC(NCCc1ccc(F)cc1)c1ccccc1.NCCCc1ccccc1. The van der Waals surface area contributed by atoms with Gasteiger partial charge in [0.15, 0.2) is 0 Å². The molecule has 0 saturated carbocycles. The van der Waals surface area contributed by atoms with Crippen molar-refractivity contribution in [2.45, 2.75) is 32.2 Å². The van der Waals surface area contributed by atoms with Gasteiger partial charge in [-0.3, -0.25) is 0 Å². The van der Waals surface area contributed by atoms with E-state index < -0.39 is 0 Å². The Bertz CT molecular complexity index is 758. The van der Waals surface area contributed by atoms with Crippen molar-refractivity contribution in [1.29, 1.82) is 0 Å². The molecular formula is C25H31FN2. The number of nitrogens with two attached hydrogens (primary N) is 1. The molecule has 0 saturated heterocycles. The van der Waals surface area contributed by atoms with Crippen molar-refractivity contribution in [1.82, 2.24) is 5.32 Å². The van der Waals surface area contributed by atoms with Gasteiger partial charge in [0.05, 0.1) is 0 Å². The maximum atomic E-state index is 12.7. The average molecular weight is 379 g/mol. The molecule has 3 rings (SSSR count). The first-order valence-electron chi connectivity index (χ1n) is 9.96. The molecule has 3 N–H and O–H groups in total. The zero-order chi connectivity index (χ0) is 20.0. The lowest BCUT2D eigenvalue weighted by Gasteiger charge is -2.14. The molecule has 0 amide bonds. The van der Waals surface area contributed by atoms with Crippen LogP contribution < -0.4 is 11.1 Å². The Morgan fingerprint density at radius 1 is 0.786 bits per heavy atom. The summed E-state index contributed by atoms with van der Waals surface area (Å²) in [5.41, 5.74) is 9.20. The van der Waals surface area contributed by atoms with E-state index >= 15 is 0 Å². The van der Waals surface area contributed by atoms with Crippen molar-refractivity contribution in [3.05, 3.63) is 107 Å². The summed E-state index contributed by atoms with van der Waals surface area (Å²) in [6, 6.07) is 27.8. The van der Waals surface area contributed by atoms with E-state index in [-0.39, 0.29) is 5.82 Å². The van der Waals surface area contributed by atoms with Crippen LogP contribution in [0.1, 0.15) is 36.1 Å². The highest BCUT2D eigenvalue weighted by atomic mass is 19.1. The number of rotatable bonds is 8. The van der Waals surface area contributed by atoms with Gasteiger partial charge in [-0.05, 0) is 68.1 Å². The smallest absolute Gasteiger partial charge is 0.123 e. The summed E-state index contributed by atoms with van der Waals surface area (Å²) in [5.74, 6) is -0.177. The molecule has 1 atom stereocenters. The summed E-state index contributed by atoms with van der Waals surface area (Å²) in [7, 11) is 0. The van der Waals surface area contributed by atoms with Crippen LogP contribution in [0, 0.1) is 5.82 Å². The lowest BCUT2D eigenvalue weighted by Crippen LogP contribution is -2.21. The van der Waals surface area contributed by atoms with Crippen LogP contribution in [0.3, 0.4) is 0 Å². The highest BCUT2D eigenvalue weighted by Crippen LogP contribution is 2.11. The molecule has 0 bridgehead atoms. The first-order chi connectivity index (χ1) is 13.7. The molecule has 3 heteroatoms. The van der Waals surface area contributed by atoms with Gasteiger partial charge >= 0.3 is 0 Å². The van der Waals surface area contributed by atoms with E-state index in [2.05, 4.69) is 48.6 Å². The second-order valence-corrected chi connectivity index (χ2v) is 6.84. The molecule has 0 heterocycles. The third-order valence-corrected chi connectivity index (χ3v) is 4.59. The maximum Gasteiger partial charge on any atom is 0.123 e. The third-order valence-electron chi connectivity index (χ3n) is 4.59. The second-order valence-electron chi connectivity index (χ2n) is 6.84. The van der Waals surface area contributed by atoms with E-state index in [0.29, 0.717) is 6.04 Å². The fourth-order valence-corrected chi connectivity index (χ4v) is 2.89. The topological polar surface area (TPSA) is 38.0 Å². The van der Waals surface area contributed by atoms with Crippen LogP contribution in [-0.2, 0) is 12.8 Å². The van der Waals surface area contributed by atoms with Crippen LogP contribution in [0.4, 0.5) is 4.39 Å². The van der Waals surface area contributed by atoms with Gasteiger partial charge in [-0.25, -0.2) is 4.39 Å². The molecule has 3 aromatic rings. The van der Waals surface area contributed by atoms with E-state index in [4.69, 9.17) is 5.73 Å². The molecule has 3 aromatic carbocycles. The molecule has 0 aliphatic heterocycles. The predicted molar refractivity (Wildman–Crippen MR) is 117 cm³/mol. The number of halogens is 1. The maximum absolute atomic E-state index is 12.7. The zero-order valence-corrected chi connectivity index (χ0v) is 16.7. The Balaban J connectivity index is 0.000000237. The zero-order valence-electron chi connectivity index (χ0n) is 16.7. The van der Waals surface area contributed by atoms with E-state index in [1.165, 1.54) is 23.3 Å². The molecule has 0 aromatic heterocycles. The molecular weight excluding hydrogens is 347 g/mol. The molecule has 148 valence electrons. The van der Waals surface area contributed by atoms with Crippen LogP contribution in [0.2, 0.25) is 0 Å². The van der Waals surface area contributed by atoms with E-state index in [1.807, 2.05) is 36.4 Å². The van der Waals surface area contributed by atoms with Crippen molar-refractivity contribution in [3.8, 4) is 0 Å². The van der Waals surface area contributed by atoms with Gasteiger partial charge < -0.3 is 11.1 Å². The number of aryl methyl sites for hydroxylation is 1. The van der Waals surface area contributed by atoms with Gasteiger partial charge in [-0.1, -0.05) is 72.8 Å². The van der Waals surface area contributed by atoms with Crippen molar-refractivity contribution < 1.29 is 4.39 Å².